The minimum absolute atomic E-state index is 0.0266. The summed E-state index contributed by atoms with van der Waals surface area (Å²) in [6, 6.07) is 7.90. The number of rotatable bonds is 6. The SMILES string of the molecule is COc1ccc(COCC2CC(=O)C([C@]3(C)C=C[C@H]4C5(OCCCO5)[C@H]5C[C@H](OC(C)(C)O5)[C@@]45COC[C@H]53)=C2C)cc1. The van der Waals surface area contributed by atoms with Gasteiger partial charge in [-0.1, -0.05) is 36.8 Å². The Morgan fingerprint density at radius 3 is 2.50 bits per heavy atom. The second-order valence-electron chi connectivity index (χ2n) is 13.7. The number of hydrogen-bond donors (Lipinski definition) is 0. The van der Waals surface area contributed by atoms with Crippen molar-refractivity contribution in [2.45, 2.75) is 77.3 Å². The summed E-state index contributed by atoms with van der Waals surface area (Å²) in [6.45, 7) is 11.7. The molecule has 8 nitrogen and oxygen atoms in total. The van der Waals surface area contributed by atoms with Crippen molar-refractivity contribution in [3.63, 3.8) is 0 Å². The molecule has 0 amide bonds. The van der Waals surface area contributed by atoms with Crippen molar-refractivity contribution < 1.29 is 38.0 Å². The van der Waals surface area contributed by atoms with Crippen LogP contribution in [0.15, 0.2) is 47.6 Å². The average Bonchev–Trinajstić information content (AvgIpc) is 3.55. The number of benzene rings is 1. The monoisotopic (exact) mass is 580 g/mol. The number of methoxy groups -OCH3 is 1. The van der Waals surface area contributed by atoms with Crippen LogP contribution >= 0.6 is 0 Å². The number of fused-ring (bicyclic) bond motifs is 4. The molecule has 6 aliphatic rings. The van der Waals surface area contributed by atoms with Crippen LogP contribution in [0.1, 0.15) is 52.5 Å². The molecule has 4 fully saturated rings. The Morgan fingerprint density at radius 1 is 1.02 bits per heavy atom. The van der Waals surface area contributed by atoms with Crippen LogP contribution in [0, 0.1) is 28.6 Å². The highest BCUT2D eigenvalue weighted by atomic mass is 16.8. The quantitative estimate of drug-likeness (QED) is 0.435. The zero-order valence-electron chi connectivity index (χ0n) is 25.5. The van der Waals surface area contributed by atoms with E-state index < -0.39 is 22.4 Å². The van der Waals surface area contributed by atoms with Gasteiger partial charge in [0.1, 0.15) is 11.9 Å². The standard InChI is InChI=1S/C34H44O8/c1-21-23(18-37-17-22-7-9-24(36-5)10-8-22)15-25(35)30(21)32(4)12-11-26-33(20-38-19-27(32)33)28-16-29(42-31(2,3)41-28)34(26)39-13-6-14-40-34/h7-12,23,26-29H,6,13-20H2,1-5H3/t23?,26-,27+,28+,29-,32-,33+/m1/s1. The fourth-order valence-corrected chi connectivity index (χ4v) is 9.08. The van der Waals surface area contributed by atoms with E-state index in [1.807, 2.05) is 38.1 Å². The molecule has 3 saturated heterocycles. The fraction of sp³-hybridized carbons (Fsp3) is 0.676. The van der Waals surface area contributed by atoms with Gasteiger partial charge in [0.15, 0.2) is 11.6 Å². The van der Waals surface area contributed by atoms with E-state index in [4.69, 9.17) is 33.2 Å². The molecule has 42 heavy (non-hydrogen) atoms. The van der Waals surface area contributed by atoms with Crippen LogP contribution in [-0.2, 0) is 39.8 Å². The van der Waals surface area contributed by atoms with Crippen LogP contribution in [0.25, 0.3) is 0 Å². The van der Waals surface area contributed by atoms with E-state index in [2.05, 4.69) is 26.0 Å². The Bertz CT molecular complexity index is 1280. The maximum Gasteiger partial charge on any atom is 0.202 e. The summed E-state index contributed by atoms with van der Waals surface area (Å²) in [7, 11) is 1.66. The van der Waals surface area contributed by atoms with Gasteiger partial charge in [0.05, 0.1) is 52.9 Å². The Labute approximate surface area is 248 Å². The lowest BCUT2D eigenvalue weighted by atomic mass is 9.46. The highest BCUT2D eigenvalue weighted by Crippen LogP contribution is 2.68. The third kappa shape index (κ3) is 4.20. The largest absolute Gasteiger partial charge is 0.497 e. The zero-order valence-corrected chi connectivity index (χ0v) is 25.5. The molecule has 0 radical (unpaired) electrons. The molecule has 7 atom stereocenters. The van der Waals surface area contributed by atoms with E-state index in [1.54, 1.807) is 7.11 Å². The molecule has 8 heteroatoms. The van der Waals surface area contributed by atoms with E-state index in [0.717, 1.165) is 28.9 Å². The van der Waals surface area contributed by atoms with E-state index in [1.165, 1.54) is 0 Å². The first kappa shape index (κ1) is 28.7. The normalized spacial score (nSPS) is 39.8. The maximum absolute atomic E-state index is 13.9. The van der Waals surface area contributed by atoms with Crippen LogP contribution in [0.5, 0.6) is 5.75 Å². The molecule has 0 N–H and O–H groups in total. The number of hydrogen-bond acceptors (Lipinski definition) is 8. The van der Waals surface area contributed by atoms with Crippen LogP contribution in [-0.4, -0.2) is 69.7 Å². The van der Waals surface area contributed by atoms with Crippen molar-refractivity contribution >= 4 is 5.78 Å². The lowest BCUT2D eigenvalue weighted by molar-refractivity contribution is -0.444. The van der Waals surface area contributed by atoms with Gasteiger partial charge < -0.3 is 33.2 Å². The number of carbonyl (C=O) groups is 1. The summed E-state index contributed by atoms with van der Waals surface area (Å²) >= 11 is 0. The predicted molar refractivity (Wildman–Crippen MR) is 154 cm³/mol. The van der Waals surface area contributed by atoms with Crippen molar-refractivity contribution in [3.05, 3.63) is 53.1 Å². The molecule has 2 spiro atoms. The van der Waals surface area contributed by atoms with E-state index in [9.17, 15) is 4.79 Å². The van der Waals surface area contributed by atoms with Gasteiger partial charge in [0.2, 0.25) is 5.79 Å². The first-order valence-corrected chi connectivity index (χ1v) is 15.5. The summed E-state index contributed by atoms with van der Waals surface area (Å²) in [5.41, 5.74) is 2.21. The van der Waals surface area contributed by atoms with Gasteiger partial charge in [0, 0.05) is 47.0 Å². The van der Waals surface area contributed by atoms with Crippen molar-refractivity contribution in [3.8, 4) is 5.75 Å². The number of carbonyl (C=O) groups excluding carboxylic acids is 1. The molecule has 2 bridgehead atoms. The lowest BCUT2D eigenvalue weighted by Crippen LogP contribution is -2.75. The van der Waals surface area contributed by atoms with E-state index >= 15 is 0 Å². The third-order valence-electron chi connectivity index (χ3n) is 10.9. The summed E-state index contributed by atoms with van der Waals surface area (Å²) in [5.74, 6) is -0.660. The van der Waals surface area contributed by atoms with Gasteiger partial charge in [0.25, 0.3) is 0 Å². The molecule has 3 aliphatic carbocycles. The first-order valence-electron chi connectivity index (χ1n) is 15.5. The number of allylic oxidation sites excluding steroid dienone is 2. The second kappa shape index (κ2) is 10.2. The molecule has 7 rings (SSSR count). The highest BCUT2D eigenvalue weighted by molar-refractivity contribution is 6.01. The Kier molecular flexibility index (Phi) is 7.00. The summed E-state index contributed by atoms with van der Waals surface area (Å²) in [6.07, 6.45) is 6.17. The highest BCUT2D eigenvalue weighted by Gasteiger charge is 2.74. The molecule has 1 unspecified atom stereocenters. The Hall–Kier alpha value is -2.07. The minimum Gasteiger partial charge on any atom is -0.497 e. The molecule has 1 saturated carbocycles. The number of ether oxygens (including phenoxy) is 7. The topological polar surface area (TPSA) is 81.7 Å². The number of ketones is 1. The second-order valence-corrected chi connectivity index (χ2v) is 13.7. The molecule has 1 aromatic rings. The molecule has 3 aliphatic heterocycles. The van der Waals surface area contributed by atoms with E-state index in [-0.39, 0.29) is 35.7 Å². The zero-order chi connectivity index (χ0) is 29.3. The van der Waals surface area contributed by atoms with Gasteiger partial charge in [-0.15, -0.1) is 0 Å². The van der Waals surface area contributed by atoms with Crippen molar-refractivity contribution in [1.29, 1.82) is 0 Å². The van der Waals surface area contributed by atoms with Gasteiger partial charge in [-0.25, -0.2) is 0 Å². The van der Waals surface area contributed by atoms with Crippen LogP contribution < -0.4 is 4.74 Å². The molecule has 0 aromatic heterocycles. The molecule has 1 aromatic carbocycles. The summed E-state index contributed by atoms with van der Waals surface area (Å²) < 4.78 is 44.2. The first-order chi connectivity index (χ1) is 20.1. The molecular weight excluding hydrogens is 536 g/mol. The van der Waals surface area contributed by atoms with Gasteiger partial charge in [-0.05, 0) is 44.9 Å². The third-order valence-corrected chi connectivity index (χ3v) is 10.9. The lowest BCUT2D eigenvalue weighted by Gasteiger charge is -2.66. The van der Waals surface area contributed by atoms with Crippen LogP contribution in [0.2, 0.25) is 0 Å². The van der Waals surface area contributed by atoms with Gasteiger partial charge >= 0.3 is 0 Å². The molecule has 228 valence electrons. The summed E-state index contributed by atoms with van der Waals surface area (Å²) in [5, 5.41) is 0. The van der Waals surface area contributed by atoms with Crippen LogP contribution in [0.4, 0.5) is 0 Å². The van der Waals surface area contributed by atoms with Crippen molar-refractivity contribution in [1.82, 2.24) is 0 Å². The van der Waals surface area contributed by atoms with E-state index in [0.29, 0.717) is 52.5 Å². The maximum atomic E-state index is 13.9. The van der Waals surface area contributed by atoms with Crippen LogP contribution in [0.3, 0.4) is 0 Å². The molecule has 3 heterocycles. The van der Waals surface area contributed by atoms with Gasteiger partial charge in [-0.2, -0.15) is 0 Å². The molecular formula is C34H44O8. The fourth-order valence-electron chi connectivity index (χ4n) is 9.08. The Balaban J connectivity index is 1.21. The van der Waals surface area contributed by atoms with Gasteiger partial charge in [-0.3, -0.25) is 4.79 Å². The summed E-state index contributed by atoms with van der Waals surface area (Å²) in [4.78, 5) is 13.9. The minimum atomic E-state index is -0.888. The number of Topliss-reactive ketones (excluding diaryl/α,β-unsaturated/α-hetero) is 1. The van der Waals surface area contributed by atoms with Crippen molar-refractivity contribution in [2.24, 2.45) is 28.6 Å². The van der Waals surface area contributed by atoms with Crippen molar-refractivity contribution in [2.75, 3.05) is 40.1 Å². The average molecular weight is 581 g/mol. The Morgan fingerprint density at radius 2 is 1.76 bits per heavy atom. The smallest absolute Gasteiger partial charge is 0.202 e. The predicted octanol–water partition coefficient (Wildman–Crippen LogP) is 5.00.